The number of carbonyl (C=O) groups is 1. The van der Waals surface area contributed by atoms with Gasteiger partial charge in [-0.05, 0) is 40.2 Å². The van der Waals surface area contributed by atoms with E-state index in [4.69, 9.17) is 17.3 Å². The third-order valence-electron chi connectivity index (χ3n) is 2.48. The minimum absolute atomic E-state index is 0.213. The highest BCUT2D eigenvalue weighted by Crippen LogP contribution is 2.28. The van der Waals surface area contributed by atoms with Crippen molar-refractivity contribution >= 4 is 44.8 Å². The number of hydrogen-bond donors (Lipinski definition) is 2. The maximum atomic E-state index is 13.6. The van der Waals surface area contributed by atoms with Crippen molar-refractivity contribution in [2.24, 2.45) is 0 Å². The Morgan fingerprint density at radius 3 is 2.60 bits per heavy atom. The first-order valence-corrected chi connectivity index (χ1v) is 6.56. The highest BCUT2D eigenvalue weighted by atomic mass is 79.9. The topological polar surface area (TPSA) is 55.1 Å². The zero-order valence-corrected chi connectivity index (χ0v) is 12.2. The van der Waals surface area contributed by atoms with Crippen molar-refractivity contribution in [2.45, 2.75) is 0 Å². The predicted octanol–water partition coefficient (Wildman–Crippen LogP) is 4.22. The summed E-state index contributed by atoms with van der Waals surface area (Å²) in [5, 5.41) is 2.07. The first-order chi connectivity index (χ1) is 9.38. The molecule has 2 aromatic carbocycles. The van der Waals surface area contributed by atoms with E-state index in [0.29, 0.717) is 16.2 Å². The summed E-state index contributed by atoms with van der Waals surface area (Å²) in [6.45, 7) is 0. The van der Waals surface area contributed by atoms with Crippen molar-refractivity contribution in [1.82, 2.24) is 0 Å². The van der Waals surface area contributed by atoms with Crippen molar-refractivity contribution in [3.63, 3.8) is 0 Å². The second-order valence-corrected chi connectivity index (χ2v) is 5.20. The van der Waals surface area contributed by atoms with Gasteiger partial charge in [-0.25, -0.2) is 8.78 Å². The molecule has 0 fully saturated rings. The van der Waals surface area contributed by atoms with Crippen molar-refractivity contribution in [1.29, 1.82) is 0 Å². The lowest BCUT2D eigenvalue weighted by Gasteiger charge is -2.10. The highest BCUT2D eigenvalue weighted by Gasteiger charge is 2.16. The number of rotatable bonds is 2. The number of benzene rings is 2. The van der Waals surface area contributed by atoms with Gasteiger partial charge in [0.05, 0.1) is 16.3 Å². The highest BCUT2D eigenvalue weighted by molar-refractivity contribution is 9.10. The molecule has 7 heteroatoms. The summed E-state index contributed by atoms with van der Waals surface area (Å²) in [5.41, 5.74) is 5.89. The van der Waals surface area contributed by atoms with Crippen molar-refractivity contribution in [2.75, 3.05) is 11.1 Å². The Kier molecular flexibility index (Phi) is 4.25. The van der Waals surface area contributed by atoms with Crippen LogP contribution in [0.5, 0.6) is 0 Å². The average Bonchev–Trinajstić information content (AvgIpc) is 2.36. The lowest BCUT2D eigenvalue weighted by atomic mass is 10.2. The quantitative estimate of drug-likeness (QED) is 0.787. The van der Waals surface area contributed by atoms with E-state index >= 15 is 0 Å². The van der Waals surface area contributed by atoms with Crippen LogP contribution in [0.2, 0.25) is 5.02 Å². The maximum absolute atomic E-state index is 13.6. The number of anilines is 2. The predicted molar refractivity (Wildman–Crippen MR) is 77.9 cm³/mol. The SMILES string of the molecule is Nc1ccc(Br)c(C(=O)Nc2c(F)cc(F)cc2Cl)c1. The number of hydrogen-bond acceptors (Lipinski definition) is 2. The van der Waals surface area contributed by atoms with Crippen molar-refractivity contribution < 1.29 is 13.6 Å². The summed E-state index contributed by atoms with van der Waals surface area (Å²) in [7, 11) is 0. The van der Waals surface area contributed by atoms with Crippen LogP contribution in [0.3, 0.4) is 0 Å². The molecule has 3 N–H and O–H groups in total. The van der Waals surface area contributed by atoms with Gasteiger partial charge in [-0.1, -0.05) is 11.6 Å². The smallest absolute Gasteiger partial charge is 0.257 e. The molecule has 2 aromatic rings. The molecule has 0 atom stereocenters. The fraction of sp³-hybridized carbons (Fsp3) is 0. The lowest BCUT2D eigenvalue weighted by Crippen LogP contribution is -2.14. The third-order valence-corrected chi connectivity index (χ3v) is 3.47. The van der Waals surface area contributed by atoms with Gasteiger partial charge in [0, 0.05) is 16.2 Å². The summed E-state index contributed by atoms with van der Waals surface area (Å²) in [6, 6.07) is 6.17. The fourth-order valence-electron chi connectivity index (χ4n) is 1.56. The molecular weight excluding hydrogens is 354 g/mol. The Morgan fingerprint density at radius 1 is 1.25 bits per heavy atom. The maximum Gasteiger partial charge on any atom is 0.257 e. The van der Waals surface area contributed by atoms with E-state index in [9.17, 15) is 13.6 Å². The first kappa shape index (κ1) is 14.7. The molecule has 0 radical (unpaired) electrons. The van der Waals surface area contributed by atoms with E-state index in [1.807, 2.05) is 0 Å². The van der Waals surface area contributed by atoms with Gasteiger partial charge in [0.15, 0.2) is 5.82 Å². The largest absolute Gasteiger partial charge is 0.399 e. The summed E-state index contributed by atoms with van der Waals surface area (Å²) in [5.74, 6) is -2.39. The van der Waals surface area contributed by atoms with E-state index in [1.54, 1.807) is 12.1 Å². The van der Waals surface area contributed by atoms with Gasteiger partial charge in [0.1, 0.15) is 5.82 Å². The average molecular weight is 362 g/mol. The van der Waals surface area contributed by atoms with Crippen LogP contribution >= 0.6 is 27.5 Å². The normalized spacial score (nSPS) is 10.4. The van der Waals surface area contributed by atoms with Crippen LogP contribution in [0.1, 0.15) is 10.4 Å². The van der Waals surface area contributed by atoms with Gasteiger partial charge < -0.3 is 11.1 Å². The van der Waals surface area contributed by atoms with Crippen LogP contribution in [-0.2, 0) is 0 Å². The molecule has 0 spiro atoms. The van der Waals surface area contributed by atoms with Crippen LogP contribution in [-0.4, -0.2) is 5.91 Å². The molecule has 104 valence electrons. The van der Waals surface area contributed by atoms with Gasteiger partial charge >= 0.3 is 0 Å². The molecule has 20 heavy (non-hydrogen) atoms. The number of halogens is 4. The van der Waals surface area contributed by atoms with Crippen LogP contribution in [0.15, 0.2) is 34.8 Å². The summed E-state index contributed by atoms with van der Waals surface area (Å²) < 4.78 is 27.0. The molecule has 0 saturated carbocycles. The number of amides is 1. The number of carbonyl (C=O) groups excluding carboxylic acids is 1. The molecule has 3 nitrogen and oxygen atoms in total. The summed E-state index contributed by atoms with van der Waals surface area (Å²) >= 11 is 8.90. The summed E-state index contributed by atoms with van der Waals surface area (Å²) in [4.78, 5) is 12.1. The lowest BCUT2D eigenvalue weighted by molar-refractivity contribution is 0.102. The minimum atomic E-state index is -0.955. The third kappa shape index (κ3) is 3.08. The molecule has 2 rings (SSSR count). The standard InChI is InChI=1S/C13H8BrClF2N2O/c14-9-2-1-7(18)5-8(9)13(20)19-12-10(15)3-6(16)4-11(12)17/h1-5H,18H2,(H,19,20). The molecule has 0 aliphatic heterocycles. The van der Waals surface area contributed by atoms with Gasteiger partial charge in [0.2, 0.25) is 0 Å². The molecule has 1 amide bonds. The minimum Gasteiger partial charge on any atom is -0.399 e. The molecule has 0 unspecified atom stereocenters. The molecule has 0 aliphatic rings. The fourth-order valence-corrected chi connectivity index (χ4v) is 2.23. The Hall–Kier alpha value is -1.66. The zero-order chi connectivity index (χ0) is 14.9. The number of nitrogens with two attached hydrogens (primary N) is 1. The second kappa shape index (κ2) is 5.76. The van der Waals surface area contributed by atoms with Gasteiger partial charge in [-0.15, -0.1) is 0 Å². The number of nitrogens with one attached hydrogen (secondary N) is 1. The molecule has 0 bridgehead atoms. The molecular formula is C13H8BrClF2N2O. The molecule has 0 aliphatic carbocycles. The van der Waals surface area contributed by atoms with E-state index < -0.39 is 17.5 Å². The van der Waals surface area contributed by atoms with E-state index in [1.165, 1.54) is 6.07 Å². The molecule has 0 heterocycles. The molecule has 0 aromatic heterocycles. The zero-order valence-electron chi connectivity index (χ0n) is 9.88. The first-order valence-electron chi connectivity index (χ1n) is 5.39. The Labute approximate surface area is 126 Å². The van der Waals surface area contributed by atoms with Crippen molar-refractivity contribution in [3.8, 4) is 0 Å². The summed E-state index contributed by atoms with van der Waals surface area (Å²) in [6.07, 6.45) is 0. The van der Waals surface area contributed by atoms with E-state index in [-0.39, 0.29) is 16.3 Å². The van der Waals surface area contributed by atoms with Gasteiger partial charge in [0.25, 0.3) is 5.91 Å². The van der Waals surface area contributed by atoms with Crippen LogP contribution in [0, 0.1) is 11.6 Å². The Balaban J connectivity index is 2.35. The van der Waals surface area contributed by atoms with Crippen LogP contribution in [0.25, 0.3) is 0 Å². The van der Waals surface area contributed by atoms with Crippen LogP contribution < -0.4 is 11.1 Å². The van der Waals surface area contributed by atoms with E-state index in [0.717, 1.165) is 6.07 Å². The molecule has 0 saturated heterocycles. The van der Waals surface area contributed by atoms with E-state index in [2.05, 4.69) is 21.2 Å². The number of nitrogen functional groups attached to an aromatic ring is 1. The van der Waals surface area contributed by atoms with Crippen molar-refractivity contribution in [3.05, 3.63) is 57.0 Å². The van der Waals surface area contributed by atoms with Crippen LogP contribution in [0.4, 0.5) is 20.2 Å². The monoisotopic (exact) mass is 360 g/mol. The van der Waals surface area contributed by atoms with Gasteiger partial charge in [-0.2, -0.15) is 0 Å². The Morgan fingerprint density at radius 2 is 1.95 bits per heavy atom. The van der Waals surface area contributed by atoms with Gasteiger partial charge in [-0.3, -0.25) is 4.79 Å². The second-order valence-electron chi connectivity index (χ2n) is 3.94. The Bertz CT molecular complexity index is 671.